The van der Waals surface area contributed by atoms with Crippen LogP contribution >= 0.6 is 0 Å². The second-order valence-electron chi connectivity index (χ2n) is 0.456. The average Bonchev–Trinajstić information content (AvgIpc) is 2.09. The van der Waals surface area contributed by atoms with Gasteiger partial charge in [0.1, 0.15) is 0 Å². The van der Waals surface area contributed by atoms with Crippen LogP contribution in [0.2, 0.25) is 0 Å². The number of hydrogen-bond donors (Lipinski definition) is 0. The molecule has 0 bridgehead atoms. The molecule has 0 saturated carbocycles. The smallest absolute Gasteiger partial charge is 0.724 e. The SMILES string of the molecule is [N-]=C=O.[N-]=C=O.[N-]=C=O.[N-]=C=O.[N-]=C=O.[Nb+5]. The van der Waals surface area contributed by atoms with Crippen molar-refractivity contribution < 1.29 is 46.4 Å². The molecular formula is C5N5NbO5. The molecule has 10 nitrogen and oxygen atoms in total. The maximum atomic E-state index is 8.24. The molecule has 0 heterocycles. The Labute approximate surface area is 104 Å². The van der Waals surface area contributed by atoms with E-state index in [0.717, 1.165) is 0 Å². The molecule has 0 rings (SSSR count). The van der Waals surface area contributed by atoms with Crippen LogP contribution in [0, 0.1) is 0 Å². The fourth-order valence-corrected chi connectivity index (χ4v) is 0. The van der Waals surface area contributed by atoms with Crippen LogP contribution in [-0.2, 0) is 46.4 Å². The molecule has 0 saturated heterocycles. The van der Waals surface area contributed by atoms with Gasteiger partial charge in [-0.05, 0) is 30.4 Å². The van der Waals surface area contributed by atoms with E-state index in [1.54, 1.807) is 0 Å². The molecule has 11 heteroatoms. The Kier molecular flexibility index (Phi) is 573. The predicted molar refractivity (Wildman–Crippen MR) is 45.3 cm³/mol. The average molecular weight is 303 g/mol. The Balaban J connectivity index is -0.0000000192. The molecule has 0 unspecified atom stereocenters. The molecule has 16 heavy (non-hydrogen) atoms. The number of hydrogen-bond acceptors (Lipinski definition) is 5. The molecule has 80 valence electrons. The topological polar surface area (TPSA) is 197 Å². The first-order valence-electron chi connectivity index (χ1n) is 2.14. The Bertz CT molecular complexity index is 204. The van der Waals surface area contributed by atoms with Gasteiger partial charge >= 0.3 is 22.4 Å². The second kappa shape index (κ2) is 246. The van der Waals surface area contributed by atoms with Crippen molar-refractivity contribution in [3.8, 4) is 0 Å². The van der Waals surface area contributed by atoms with Crippen molar-refractivity contribution in [3.05, 3.63) is 27.0 Å². The number of isocyanates is 5. The van der Waals surface area contributed by atoms with E-state index in [9.17, 15) is 0 Å². The first kappa shape index (κ1) is 37.3. The van der Waals surface area contributed by atoms with Crippen LogP contribution in [0.5, 0.6) is 0 Å². The van der Waals surface area contributed by atoms with E-state index in [1.807, 2.05) is 0 Å². The van der Waals surface area contributed by atoms with Crippen molar-refractivity contribution >= 4 is 30.4 Å². The van der Waals surface area contributed by atoms with Crippen LogP contribution < -0.4 is 0 Å². The first-order valence-corrected chi connectivity index (χ1v) is 2.14. The summed E-state index contributed by atoms with van der Waals surface area (Å²) in [4.78, 5) is 41.2. The third-order valence-corrected chi connectivity index (χ3v) is 0. The number of carbonyl (C=O) groups excluding carboxylic acids is 5. The summed E-state index contributed by atoms with van der Waals surface area (Å²) < 4.78 is 0. The van der Waals surface area contributed by atoms with Crippen molar-refractivity contribution in [1.29, 1.82) is 0 Å². The van der Waals surface area contributed by atoms with Crippen LogP contribution in [0.4, 0.5) is 0 Å². The molecule has 0 fully saturated rings. The largest absolute Gasteiger partial charge is 5.00 e. The molecule has 0 radical (unpaired) electrons. The summed E-state index contributed by atoms with van der Waals surface area (Å²) in [5.74, 6) is 0. The van der Waals surface area contributed by atoms with Gasteiger partial charge in [-0.15, -0.1) is 0 Å². The summed E-state index contributed by atoms with van der Waals surface area (Å²) in [5.41, 5.74) is 0. The molecule has 0 aromatic heterocycles. The fraction of sp³-hybridized carbons (Fsp3) is 0. The first-order chi connectivity index (χ1) is 7.07. The van der Waals surface area contributed by atoms with Gasteiger partial charge in [-0.1, -0.05) is 0 Å². The summed E-state index contributed by atoms with van der Waals surface area (Å²) in [6.45, 7) is 0. The van der Waals surface area contributed by atoms with E-state index in [2.05, 4.69) is 0 Å². The Hall–Kier alpha value is -2.36. The monoisotopic (exact) mass is 303 g/mol. The van der Waals surface area contributed by atoms with Gasteiger partial charge in [-0.2, -0.15) is 0 Å². The minimum atomic E-state index is 0. The van der Waals surface area contributed by atoms with Crippen LogP contribution in [0.3, 0.4) is 0 Å². The van der Waals surface area contributed by atoms with E-state index in [0.29, 0.717) is 30.4 Å². The zero-order valence-corrected chi connectivity index (χ0v) is 9.42. The van der Waals surface area contributed by atoms with Crippen LogP contribution in [0.1, 0.15) is 0 Å². The summed E-state index contributed by atoms with van der Waals surface area (Å²) in [6, 6.07) is 0. The molecular weight excluding hydrogens is 303 g/mol. The third kappa shape index (κ3) is 237. The van der Waals surface area contributed by atoms with E-state index in [4.69, 9.17) is 51.0 Å². The minimum absolute atomic E-state index is 0. The second-order valence-corrected chi connectivity index (χ2v) is 0.456. The Morgan fingerprint density at radius 1 is 0.438 bits per heavy atom. The van der Waals surface area contributed by atoms with Crippen molar-refractivity contribution in [2.75, 3.05) is 0 Å². The van der Waals surface area contributed by atoms with Gasteiger partial charge in [-0.3, -0.25) is 24.0 Å². The molecule has 0 aliphatic heterocycles. The summed E-state index contributed by atoms with van der Waals surface area (Å²) in [6.07, 6.45) is 2.50. The fourth-order valence-electron chi connectivity index (χ4n) is 0. The van der Waals surface area contributed by atoms with Gasteiger partial charge < -0.3 is 27.0 Å². The van der Waals surface area contributed by atoms with Crippen LogP contribution in [-0.4, -0.2) is 30.4 Å². The summed E-state index contributed by atoms with van der Waals surface area (Å²) >= 11 is 0. The zero-order valence-electron chi connectivity index (χ0n) is 7.22. The van der Waals surface area contributed by atoms with Crippen LogP contribution in [0.15, 0.2) is 0 Å². The maximum absolute atomic E-state index is 8.24. The Morgan fingerprint density at radius 2 is 0.438 bits per heavy atom. The maximum Gasteiger partial charge on any atom is 5.00 e. The molecule has 0 N–H and O–H groups in total. The van der Waals surface area contributed by atoms with Crippen molar-refractivity contribution in [1.82, 2.24) is 0 Å². The van der Waals surface area contributed by atoms with Gasteiger partial charge in [0.2, 0.25) is 0 Å². The van der Waals surface area contributed by atoms with E-state index < -0.39 is 0 Å². The molecule has 0 aliphatic carbocycles. The zero-order chi connectivity index (χ0) is 13.5. The molecule has 0 atom stereocenters. The van der Waals surface area contributed by atoms with Crippen LogP contribution in [0.25, 0.3) is 27.0 Å². The molecule has 0 spiro atoms. The summed E-state index contributed by atoms with van der Waals surface area (Å²) in [7, 11) is 0. The number of rotatable bonds is 0. The van der Waals surface area contributed by atoms with E-state index >= 15 is 0 Å². The predicted octanol–water partition coefficient (Wildman–Crippen LogP) is -0.544. The molecule has 0 amide bonds. The molecule has 0 aliphatic rings. The standard InChI is InChI=1S/5CNO.Nb/c5*2-1-3;/q5*-1;+5. The molecule has 0 aromatic rings. The summed E-state index contributed by atoms with van der Waals surface area (Å²) in [5, 5.41) is 33.8. The van der Waals surface area contributed by atoms with E-state index in [-0.39, 0.29) is 22.4 Å². The quantitative estimate of drug-likeness (QED) is 0.328. The number of nitrogens with zero attached hydrogens (tertiary/aromatic N) is 5. The van der Waals surface area contributed by atoms with Gasteiger partial charge in [-0.25, -0.2) is 0 Å². The van der Waals surface area contributed by atoms with Gasteiger partial charge in [0.25, 0.3) is 0 Å². The van der Waals surface area contributed by atoms with Gasteiger partial charge in [0.15, 0.2) is 0 Å². The molecule has 0 aromatic carbocycles. The normalized spacial score (nSPS) is 2.50. The minimum Gasteiger partial charge on any atom is -0.724 e. The van der Waals surface area contributed by atoms with Crippen molar-refractivity contribution in [2.45, 2.75) is 0 Å². The van der Waals surface area contributed by atoms with Crippen molar-refractivity contribution in [2.24, 2.45) is 0 Å². The third-order valence-electron chi connectivity index (χ3n) is 0. The Morgan fingerprint density at radius 3 is 0.438 bits per heavy atom. The van der Waals surface area contributed by atoms with Gasteiger partial charge in [0.05, 0.1) is 0 Å². The van der Waals surface area contributed by atoms with Gasteiger partial charge in [0, 0.05) is 0 Å². The van der Waals surface area contributed by atoms with Crippen molar-refractivity contribution in [3.63, 3.8) is 0 Å². The van der Waals surface area contributed by atoms with E-state index in [1.165, 1.54) is 0 Å².